The largest absolute Gasteiger partial charge is 0.414 e. The van der Waals surface area contributed by atoms with E-state index in [2.05, 4.69) is 10.3 Å². The normalized spacial score (nSPS) is 14.4. The van der Waals surface area contributed by atoms with Crippen LogP contribution in [0.3, 0.4) is 0 Å². The minimum absolute atomic E-state index is 0.401. The molecule has 0 amide bonds. The monoisotopic (exact) mass is 433 g/mol. The molecule has 1 unspecified atom stereocenters. The Hall–Kier alpha value is -2.64. The van der Waals surface area contributed by atoms with E-state index in [-0.39, 0.29) is 0 Å². The molecule has 1 heterocycles. The molecule has 0 spiro atoms. The Kier molecular flexibility index (Phi) is 5.66. The zero-order valence-electron chi connectivity index (χ0n) is 15.9. The Labute approximate surface area is 176 Å². The summed E-state index contributed by atoms with van der Waals surface area (Å²) >= 11 is 6.10. The molecule has 156 valence electrons. The van der Waals surface area contributed by atoms with Crippen molar-refractivity contribution in [2.75, 3.05) is 5.32 Å². The Morgan fingerprint density at radius 1 is 1.07 bits per heavy atom. The Morgan fingerprint density at radius 3 is 2.53 bits per heavy atom. The fraction of sp³-hybridized carbons (Fsp3) is 0.273. The van der Waals surface area contributed by atoms with Gasteiger partial charge in [-0.1, -0.05) is 35.9 Å². The number of hydrogen-bond donors (Lipinski definition) is 2. The smallest absolute Gasteiger partial charge is 0.383 e. The van der Waals surface area contributed by atoms with Crippen LogP contribution in [-0.4, -0.2) is 27.4 Å². The highest BCUT2D eigenvalue weighted by atomic mass is 35.5. The van der Waals surface area contributed by atoms with E-state index in [4.69, 9.17) is 16.6 Å². The highest BCUT2D eigenvalue weighted by Crippen LogP contribution is 2.32. The number of aliphatic hydroxyl groups is 1. The van der Waals surface area contributed by atoms with Crippen LogP contribution in [0.2, 0.25) is 5.02 Å². The van der Waals surface area contributed by atoms with Gasteiger partial charge in [0.1, 0.15) is 5.82 Å². The third kappa shape index (κ3) is 4.57. The van der Waals surface area contributed by atoms with E-state index in [1.165, 1.54) is 0 Å². The SMILES string of the molecule is OC(Cc1ccc(Nc2nc(-c3cccc(Cl)c3)nc3c2CCC3)cc1)C(F)(F)F. The van der Waals surface area contributed by atoms with Gasteiger partial charge in [-0.05, 0) is 49.1 Å². The predicted octanol–water partition coefficient (Wildman–Crippen LogP) is 5.50. The maximum absolute atomic E-state index is 12.5. The summed E-state index contributed by atoms with van der Waals surface area (Å²) in [5, 5.41) is 13.1. The molecule has 1 aliphatic carbocycles. The molecule has 0 aliphatic heterocycles. The first kappa shape index (κ1) is 20.6. The maximum atomic E-state index is 12.5. The van der Waals surface area contributed by atoms with Crippen molar-refractivity contribution in [1.82, 2.24) is 9.97 Å². The molecule has 2 N–H and O–H groups in total. The number of halogens is 4. The minimum Gasteiger partial charge on any atom is -0.383 e. The van der Waals surface area contributed by atoms with E-state index in [9.17, 15) is 18.3 Å². The molecule has 1 aromatic heterocycles. The molecule has 0 radical (unpaired) electrons. The van der Waals surface area contributed by atoms with E-state index in [1.807, 2.05) is 18.2 Å². The number of nitrogens with one attached hydrogen (secondary N) is 1. The van der Waals surface area contributed by atoms with Crippen LogP contribution in [0.4, 0.5) is 24.7 Å². The molecule has 30 heavy (non-hydrogen) atoms. The van der Waals surface area contributed by atoms with Gasteiger partial charge in [0.25, 0.3) is 0 Å². The van der Waals surface area contributed by atoms with Crippen molar-refractivity contribution in [3.05, 3.63) is 70.4 Å². The van der Waals surface area contributed by atoms with E-state index < -0.39 is 18.7 Å². The molecule has 4 nitrogen and oxygen atoms in total. The predicted molar refractivity (Wildman–Crippen MR) is 110 cm³/mol. The number of aryl methyl sites for hydroxylation is 1. The van der Waals surface area contributed by atoms with Gasteiger partial charge in [-0.3, -0.25) is 0 Å². The molecule has 1 aliphatic rings. The lowest BCUT2D eigenvalue weighted by Gasteiger charge is -2.15. The zero-order chi connectivity index (χ0) is 21.3. The zero-order valence-corrected chi connectivity index (χ0v) is 16.6. The lowest BCUT2D eigenvalue weighted by molar-refractivity contribution is -0.203. The lowest BCUT2D eigenvalue weighted by atomic mass is 10.1. The van der Waals surface area contributed by atoms with Gasteiger partial charge >= 0.3 is 6.18 Å². The molecule has 3 aromatic rings. The van der Waals surface area contributed by atoms with Crippen LogP contribution in [0, 0.1) is 0 Å². The van der Waals surface area contributed by atoms with Crippen molar-refractivity contribution in [2.24, 2.45) is 0 Å². The number of rotatable bonds is 5. The van der Waals surface area contributed by atoms with Crippen LogP contribution in [0.15, 0.2) is 48.5 Å². The van der Waals surface area contributed by atoms with Gasteiger partial charge in [0.05, 0.1) is 0 Å². The summed E-state index contributed by atoms with van der Waals surface area (Å²) in [4.78, 5) is 9.38. The van der Waals surface area contributed by atoms with Gasteiger partial charge in [0.15, 0.2) is 11.9 Å². The highest BCUT2D eigenvalue weighted by Gasteiger charge is 2.37. The van der Waals surface area contributed by atoms with Gasteiger partial charge in [-0.2, -0.15) is 13.2 Å². The van der Waals surface area contributed by atoms with Crippen LogP contribution in [0.25, 0.3) is 11.4 Å². The van der Waals surface area contributed by atoms with Crippen LogP contribution in [0.1, 0.15) is 23.2 Å². The number of anilines is 2. The molecule has 0 saturated heterocycles. The molecular formula is C22H19ClF3N3O. The summed E-state index contributed by atoms with van der Waals surface area (Å²) in [5.41, 5.74) is 3.96. The topological polar surface area (TPSA) is 58.0 Å². The first-order valence-corrected chi connectivity index (χ1v) is 9.94. The third-order valence-electron chi connectivity index (χ3n) is 5.04. The molecule has 0 saturated carbocycles. The van der Waals surface area contributed by atoms with Gasteiger partial charge in [-0.25, -0.2) is 9.97 Å². The summed E-state index contributed by atoms with van der Waals surface area (Å²) in [5.74, 6) is 1.26. The summed E-state index contributed by atoms with van der Waals surface area (Å²) in [6, 6.07) is 13.8. The van der Waals surface area contributed by atoms with E-state index >= 15 is 0 Å². The van der Waals surface area contributed by atoms with Crippen molar-refractivity contribution >= 4 is 23.1 Å². The standard InChI is InChI=1S/C22H19ClF3N3O/c23-15-4-1-3-14(12-15)20-28-18-6-2-5-17(18)21(29-20)27-16-9-7-13(8-10-16)11-19(30)22(24,25)26/h1,3-4,7-10,12,19,30H,2,5-6,11H2,(H,27,28,29). The average Bonchev–Trinajstić information content (AvgIpc) is 3.18. The molecule has 2 aromatic carbocycles. The van der Waals surface area contributed by atoms with Crippen LogP contribution < -0.4 is 5.32 Å². The molecular weight excluding hydrogens is 415 g/mol. The van der Waals surface area contributed by atoms with Gasteiger partial charge in [-0.15, -0.1) is 0 Å². The van der Waals surface area contributed by atoms with Crippen molar-refractivity contribution in [1.29, 1.82) is 0 Å². The number of aromatic nitrogens is 2. The molecule has 4 rings (SSSR count). The Morgan fingerprint density at radius 2 is 1.83 bits per heavy atom. The van der Waals surface area contributed by atoms with Crippen molar-refractivity contribution in [3.8, 4) is 11.4 Å². The summed E-state index contributed by atoms with van der Waals surface area (Å²) in [6.45, 7) is 0. The molecule has 8 heteroatoms. The van der Waals surface area contributed by atoms with E-state index in [0.29, 0.717) is 27.9 Å². The second-order valence-corrected chi connectivity index (χ2v) is 7.70. The van der Waals surface area contributed by atoms with Crippen LogP contribution in [0.5, 0.6) is 0 Å². The first-order chi connectivity index (χ1) is 14.3. The summed E-state index contributed by atoms with van der Waals surface area (Å²) in [6.07, 6.45) is -4.76. The molecule has 0 bridgehead atoms. The van der Waals surface area contributed by atoms with Crippen molar-refractivity contribution < 1.29 is 18.3 Å². The van der Waals surface area contributed by atoms with Crippen LogP contribution >= 0.6 is 11.6 Å². The van der Waals surface area contributed by atoms with Gasteiger partial charge in [0.2, 0.25) is 0 Å². The molecule has 0 fully saturated rings. The highest BCUT2D eigenvalue weighted by molar-refractivity contribution is 6.30. The number of alkyl halides is 3. The number of fused-ring (bicyclic) bond motifs is 1. The first-order valence-electron chi connectivity index (χ1n) is 9.56. The lowest BCUT2D eigenvalue weighted by Crippen LogP contribution is -2.30. The second kappa shape index (κ2) is 8.24. The maximum Gasteiger partial charge on any atom is 0.414 e. The number of nitrogens with zero attached hydrogens (tertiary/aromatic N) is 2. The number of benzene rings is 2. The number of aliphatic hydroxyl groups excluding tert-OH is 1. The Bertz CT molecular complexity index is 1050. The molecule has 1 atom stereocenters. The number of hydrogen-bond acceptors (Lipinski definition) is 4. The van der Waals surface area contributed by atoms with Crippen LogP contribution in [-0.2, 0) is 19.3 Å². The quantitative estimate of drug-likeness (QED) is 0.558. The second-order valence-electron chi connectivity index (χ2n) is 7.27. The Balaban J connectivity index is 1.59. The van der Waals surface area contributed by atoms with Gasteiger partial charge < -0.3 is 10.4 Å². The van der Waals surface area contributed by atoms with Crippen molar-refractivity contribution in [3.63, 3.8) is 0 Å². The van der Waals surface area contributed by atoms with E-state index in [0.717, 1.165) is 36.1 Å². The third-order valence-corrected chi connectivity index (χ3v) is 5.27. The fourth-order valence-electron chi connectivity index (χ4n) is 3.49. The van der Waals surface area contributed by atoms with Gasteiger partial charge in [0, 0.05) is 34.0 Å². The van der Waals surface area contributed by atoms with Crippen molar-refractivity contribution in [2.45, 2.75) is 38.0 Å². The fourth-order valence-corrected chi connectivity index (χ4v) is 3.68. The summed E-state index contributed by atoms with van der Waals surface area (Å²) in [7, 11) is 0. The average molecular weight is 434 g/mol. The minimum atomic E-state index is -4.63. The van der Waals surface area contributed by atoms with E-state index in [1.54, 1.807) is 30.3 Å². The summed E-state index contributed by atoms with van der Waals surface area (Å²) < 4.78 is 37.6.